The fourth-order valence-electron chi connectivity index (χ4n) is 4.42. The molecule has 1 aromatic carbocycles. The Morgan fingerprint density at radius 1 is 1.03 bits per heavy atom. The second kappa shape index (κ2) is 11.3. The van der Waals surface area contributed by atoms with Crippen LogP contribution in [0.3, 0.4) is 0 Å². The zero-order chi connectivity index (χ0) is 22.3. The molecule has 2 saturated heterocycles. The summed E-state index contributed by atoms with van der Waals surface area (Å²) in [6.45, 7) is 17.0. The maximum atomic E-state index is 5.84. The molecule has 1 aromatic rings. The first kappa shape index (κ1) is 24.0. The highest BCUT2D eigenvalue weighted by molar-refractivity contribution is 5.79. The van der Waals surface area contributed by atoms with Crippen LogP contribution in [-0.2, 0) is 22.6 Å². The Morgan fingerprint density at radius 2 is 1.65 bits per heavy atom. The Hall–Kier alpha value is -1.67. The van der Waals surface area contributed by atoms with Gasteiger partial charge in [-0.1, -0.05) is 24.3 Å². The maximum Gasteiger partial charge on any atom is 0.191 e. The second-order valence-corrected chi connectivity index (χ2v) is 9.46. The summed E-state index contributed by atoms with van der Waals surface area (Å²) in [7, 11) is 1.82. The molecule has 2 heterocycles. The number of rotatable bonds is 7. The van der Waals surface area contributed by atoms with Gasteiger partial charge in [0.2, 0.25) is 0 Å². The van der Waals surface area contributed by atoms with Crippen LogP contribution >= 0.6 is 0 Å². The van der Waals surface area contributed by atoms with E-state index < -0.39 is 0 Å². The van der Waals surface area contributed by atoms with Gasteiger partial charge in [-0.05, 0) is 38.8 Å². The third-order valence-electron chi connectivity index (χ3n) is 6.16. The van der Waals surface area contributed by atoms with E-state index in [1.54, 1.807) is 0 Å². The number of aliphatic imine (C=N–C) groups is 1. The molecular weight excluding hydrogens is 390 g/mol. The third-order valence-corrected chi connectivity index (χ3v) is 6.16. The molecule has 0 spiro atoms. The molecule has 7 heteroatoms. The lowest BCUT2D eigenvalue weighted by Crippen LogP contribution is -2.56. The number of ether oxygens (including phenoxy) is 2. The van der Waals surface area contributed by atoms with E-state index in [4.69, 9.17) is 9.47 Å². The van der Waals surface area contributed by atoms with Gasteiger partial charge in [0.05, 0.1) is 25.4 Å². The number of nitrogens with one attached hydrogen (secondary N) is 2. The molecule has 0 amide bonds. The Balaban J connectivity index is 1.44. The van der Waals surface area contributed by atoms with Crippen LogP contribution in [0.25, 0.3) is 0 Å². The fourth-order valence-corrected chi connectivity index (χ4v) is 4.42. The number of hydrogen-bond donors (Lipinski definition) is 2. The summed E-state index contributed by atoms with van der Waals surface area (Å²) in [5, 5.41) is 6.93. The van der Waals surface area contributed by atoms with Crippen molar-refractivity contribution < 1.29 is 9.47 Å². The maximum absolute atomic E-state index is 5.84. The normalized spacial score (nSPS) is 24.2. The summed E-state index contributed by atoms with van der Waals surface area (Å²) in [6.07, 6.45) is 0.611. The summed E-state index contributed by atoms with van der Waals surface area (Å²) < 4.78 is 11.3. The highest BCUT2D eigenvalue weighted by Gasteiger charge is 2.28. The predicted molar refractivity (Wildman–Crippen MR) is 126 cm³/mol. The number of hydrogen-bond acceptors (Lipinski definition) is 5. The quantitative estimate of drug-likeness (QED) is 0.509. The number of guanidine groups is 1. The highest BCUT2D eigenvalue weighted by Crippen LogP contribution is 2.16. The van der Waals surface area contributed by atoms with Gasteiger partial charge in [-0.15, -0.1) is 0 Å². The topological polar surface area (TPSA) is 61.4 Å². The molecule has 2 unspecified atom stereocenters. The minimum Gasteiger partial charge on any atom is -0.379 e. The number of benzene rings is 1. The molecule has 2 aliphatic rings. The Labute approximate surface area is 188 Å². The predicted octanol–water partition coefficient (Wildman–Crippen LogP) is 2.07. The van der Waals surface area contributed by atoms with Gasteiger partial charge >= 0.3 is 0 Å². The van der Waals surface area contributed by atoms with E-state index in [2.05, 4.69) is 77.4 Å². The van der Waals surface area contributed by atoms with E-state index in [0.717, 1.165) is 65.0 Å². The Morgan fingerprint density at radius 3 is 2.26 bits per heavy atom. The molecule has 2 atom stereocenters. The Bertz CT molecular complexity index is 690. The first-order chi connectivity index (χ1) is 14.9. The highest BCUT2D eigenvalue weighted by atomic mass is 16.5. The smallest absolute Gasteiger partial charge is 0.191 e. The molecule has 2 N–H and O–H groups in total. The van der Waals surface area contributed by atoms with Crippen molar-refractivity contribution in [3.8, 4) is 0 Å². The van der Waals surface area contributed by atoms with Gasteiger partial charge in [0, 0.05) is 58.4 Å². The third kappa shape index (κ3) is 7.45. The number of morpholine rings is 2. The van der Waals surface area contributed by atoms with E-state index in [0.29, 0.717) is 12.2 Å². The SMILES string of the molecule is CN=C(NCc1ccc(CN2CC(C)OC(C)C2)cc1)NCC(C)(C)N1CCOCC1. The van der Waals surface area contributed by atoms with E-state index in [9.17, 15) is 0 Å². The summed E-state index contributed by atoms with van der Waals surface area (Å²) in [4.78, 5) is 9.35. The molecule has 0 bridgehead atoms. The fraction of sp³-hybridized carbons (Fsp3) is 0.708. The zero-order valence-corrected chi connectivity index (χ0v) is 20.0. The average Bonchev–Trinajstić information content (AvgIpc) is 2.75. The Kier molecular flexibility index (Phi) is 8.72. The standard InChI is InChI=1S/C24H41N5O2/c1-19-15-28(16-20(2)31-19)17-22-8-6-21(7-9-22)14-26-23(25-5)27-18-24(3,4)29-10-12-30-13-11-29/h6-9,19-20H,10-18H2,1-5H3,(H2,25,26,27). The minimum absolute atomic E-state index is 0.0531. The van der Waals surface area contributed by atoms with Crippen molar-refractivity contribution in [3.63, 3.8) is 0 Å². The van der Waals surface area contributed by atoms with Gasteiger partial charge in [-0.25, -0.2) is 0 Å². The molecule has 0 aliphatic carbocycles. The van der Waals surface area contributed by atoms with Crippen molar-refractivity contribution in [1.82, 2.24) is 20.4 Å². The van der Waals surface area contributed by atoms with Crippen LogP contribution in [-0.4, -0.2) is 86.5 Å². The monoisotopic (exact) mass is 431 g/mol. The van der Waals surface area contributed by atoms with Crippen molar-refractivity contribution >= 4 is 5.96 Å². The van der Waals surface area contributed by atoms with E-state index in [-0.39, 0.29) is 5.54 Å². The van der Waals surface area contributed by atoms with E-state index in [1.165, 1.54) is 11.1 Å². The van der Waals surface area contributed by atoms with Crippen LogP contribution < -0.4 is 10.6 Å². The molecule has 3 rings (SSSR count). The molecule has 174 valence electrons. The summed E-state index contributed by atoms with van der Waals surface area (Å²) in [5.74, 6) is 0.835. The lowest BCUT2D eigenvalue weighted by Gasteiger charge is -2.41. The second-order valence-electron chi connectivity index (χ2n) is 9.46. The average molecular weight is 432 g/mol. The summed E-state index contributed by atoms with van der Waals surface area (Å²) >= 11 is 0. The van der Waals surface area contributed by atoms with Gasteiger partial charge < -0.3 is 20.1 Å². The molecular formula is C24H41N5O2. The number of nitrogens with zero attached hydrogens (tertiary/aromatic N) is 3. The molecule has 0 saturated carbocycles. The van der Waals surface area contributed by atoms with E-state index in [1.807, 2.05) is 7.05 Å². The van der Waals surface area contributed by atoms with Crippen molar-refractivity contribution in [3.05, 3.63) is 35.4 Å². The van der Waals surface area contributed by atoms with Gasteiger partial charge in [-0.3, -0.25) is 14.8 Å². The zero-order valence-electron chi connectivity index (χ0n) is 20.0. The summed E-state index contributed by atoms with van der Waals surface area (Å²) in [5.41, 5.74) is 2.65. The van der Waals surface area contributed by atoms with Gasteiger partial charge in [0.15, 0.2) is 5.96 Å². The molecule has 31 heavy (non-hydrogen) atoms. The molecule has 7 nitrogen and oxygen atoms in total. The van der Waals surface area contributed by atoms with Crippen LogP contribution in [0.5, 0.6) is 0 Å². The largest absolute Gasteiger partial charge is 0.379 e. The van der Waals surface area contributed by atoms with Crippen LogP contribution in [0.15, 0.2) is 29.3 Å². The van der Waals surface area contributed by atoms with Crippen molar-refractivity contribution in [2.24, 2.45) is 4.99 Å². The van der Waals surface area contributed by atoms with Crippen LogP contribution in [0.1, 0.15) is 38.8 Å². The van der Waals surface area contributed by atoms with Gasteiger partial charge in [0.25, 0.3) is 0 Å². The first-order valence-electron chi connectivity index (χ1n) is 11.6. The molecule has 0 radical (unpaired) electrons. The van der Waals surface area contributed by atoms with E-state index >= 15 is 0 Å². The minimum atomic E-state index is 0.0531. The van der Waals surface area contributed by atoms with Crippen molar-refractivity contribution in [2.75, 3.05) is 53.0 Å². The molecule has 2 aliphatic heterocycles. The van der Waals surface area contributed by atoms with Gasteiger partial charge in [0.1, 0.15) is 0 Å². The van der Waals surface area contributed by atoms with Crippen LogP contribution in [0.4, 0.5) is 0 Å². The molecule has 0 aromatic heterocycles. The van der Waals surface area contributed by atoms with Crippen molar-refractivity contribution in [2.45, 2.75) is 58.5 Å². The van der Waals surface area contributed by atoms with Gasteiger partial charge in [-0.2, -0.15) is 0 Å². The first-order valence-corrected chi connectivity index (χ1v) is 11.6. The molecule has 2 fully saturated rings. The summed E-state index contributed by atoms with van der Waals surface area (Å²) in [6, 6.07) is 8.89. The van der Waals surface area contributed by atoms with Crippen molar-refractivity contribution in [1.29, 1.82) is 0 Å². The lowest BCUT2D eigenvalue weighted by molar-refractivity contribution is -0.0704. The van der Waals surface area contributed by atoms with Crippen LogP contribution in [0.2, 0.25) is 0 Å². The van der Waals surface area contributed by atoms with Crippen LogP contribution in [0, 0.1) is 0 Å². The lowest BCUT2D eigenvalue weighted by atomic mass is 10.0.